The molecule has 1 unspecified atom stereocenters. The number of ether oxygens (including phenoxy) is 1. The van der Waals surface area contributed by atoms with Crippen LogP contribution in [0.5, 0.6) is 11.5 Å². The van der Waals surface area contributed by atoms with E-state index in [4.69, 9.17) is 10.5 Å². The molecule has 0 bridgehead atoms. The monoisotopic (exact) mass is 250 g/mol. The van der Waals surface area contributed by atoms with Gasteiger partial charge in [-0.25, -0.2) is 0 Å². The first-order chi connectivity index (χ1) is 8.45. The van der Waals surface area contributed by atoms with Gasteiger partial charge in [0.1, 0.15) is 0 Å². The minimum atomic E-state index is -0.852. The van der Waals surface area contributed by atoms with Gasteiger partial charge in [0, 0.05) is 11.8 Å². The summed E-state index contributed by atoms with van der Waals surface area (Å²) in [6, 6.07) is 4.70. The van der Waals surface area contributed by atoms with Crippen LogP contribution in [0, 0.1) is 5.92 Å². The zero-order chi connectivity index (χ0) is 13.3. The largest absolute Gasteiger partial charge is 0.504 e. The van der Waals surface area contributed by atoms with E-state index in [9.17, 15) is 9.90 Å². The highest BCUT2D eigenvalue weighted by Crippen LogP contribution is 2.38. The number of phenolic OH excluding ortho intramolecular Hbond substituents is 1. The van der Waals surface area contributed by atoms with E-state index in [0.29, 0.717) is 11.4 Å². The summed E-state index contributed by atoms with van der Waals surface area (Å²) in [5.41, 5.74) is 5.67. The summed E-state index contributed by atoms with van der Waals surface area (Å²) >= 11 is 0. The lowest BCUT2D eigenvalue weighted by molar-refractivity contribution is -0.121. The second kappa shape index (κ2) is 4.49. The van der Waals surface area contributed by atoms with Gasteiger partial charge in [0.2, 0.25) is 5.91 Å². The first kappa shape index (κ1) is 12.7. The first-order valence-electron chi connectivity index (χ1n) is 5.92. The fourth-order valence-electron chi connectivity index (χ4n) is 1.90. The van der Waals surface area contributed by atoms with E-state index in [-0.39, 0.29) is 17.6 Å². The zero-order valence-corrected chi connectivity index (χ0v) is 10.6. The van der Waals surface area contributed by atoms with Crippen LogP contribution in [0.4, 0.5) is 5.69 Å². The van der Waals surface area contributed by atoms with Gasteiger partial charge >= 0.3 is 0 Å². The maximum Gasteiger partial charge on any atom is 0.244 e. The number of hydrogen-bond acceptors (Lipinski definition) is 4. The lowest BCUT2D eigenvalue weighted by Crippen LogP contribution is -2.50. The van der Waals surface area contributed by atoms with Gasteiger partial charge in [0.15, 0.2) is 11.5 Å². The Balaban J connectivity index is 2.09. The van der Waals surface area contributed by atoms with Crippen molar-refractivity contribution in [3.63, 3.8) is 0 Å². The third-order valence-corrected chi connectivity index (χ3v) is 3.35. The average Bonchev–Trinajstić information content (AvgIpc) is 3.13. The Hall–Kier alpha value is -1.75. The van der Waals surface area contributed by atoms with Crippen molar-refractivity contribution >= 4 is 11.6 Å². The molecule has 1 atom stereocenters. The van der Waals surface area contributed by atoms with Crippen molar-refractivity contribution in [2.24, 2.45) is 11.7 Å². The van der Waals surface area contributed by atoms with Crippen molar-refractivity contribution in [3.8, 4) is 11.5 Å². The number of carbonyl (C=O) groups is 1. The van der Waals surface area contributed by atoms with Gasteiger partial charge in [-0.05, 0) is 37.8 Å². The van der Waals surface area contributed by atoms with E-state index < -0.39 is 5.54 Å². The number of methoxy groups -OCH3 is 1. The van der Waals surface area contributed by atoms with E-state index in [0.717, 1.165) is 12.8 Å². The Labute approximate surface area is 106 Å². The second-order valence-corrected chi connectivity index (χ2v) is 4.90. The average molecular weight is 250 g/mol. The molecule has 18 heavy (non-hydrogen) atoms. The van der Waals surface area contributed by atoms with Crippen molar-refractivity contribution in [2.75, 3.05) is 12.4 Å². The molecule has 1 aliphatic carbocycles. The van der Waals surface area contributed by atoms with Crippen LogP contribution in [0.25, 0.3) is 0 Å². The third-order valence-electron chi connectivity index (χ3n) is 3.35. The molecule has 1 aromatic rings. The molecule has 1 aliphatic rings. The molecule has 4 N–H and O–H groups in total. The summed E-state index contributed by atoms with van der Waals surface area (Å²) < 4.78 is 4.93. The molecular weight excluding hydrogens is 232 g/mol. The number of anilines is 1. The van der Waals surface area contributed by atoms with Crippen LogP contribution in [-0.2, 0) is 4.79 Å². The lowest BCUT2D eigenvalue weighted by Gasteiger charge is -2.23. The number of carbonyl (C=O) groups excluding carboxylic acids is 1. The quantitative estimate of drug-likeness (QED) is 0.755. The Morgan fingerprint density at radius 3 is 2.72 bits per heavy atom. The van der Waals surface area contributed by atoms with Crippen LogP contribution in [0.2, 0.25) is 0 Å². The number of benzene rings is 1. The van der Waals surface area contributed by atoms with Crippen molar-refractivity contribution in [3.05, 3.63) is 18.2 Å². The molecule has 5 heteroatoms. The number of nitrogens with two attached hydrogens (primary N) is 1. The summed E-state index contributed by atoms with van der Waals surface area (Å²) in [5.74, 6) is 0.380. The summed E-state index contributed by atoms with van der Waals surface area (Å²) in [4.78, 5) is 12.0. The van der Waals surface area contributed by atoms with Crippen molar-refractivity contribution in [2.45, 2.75) is 25.3 Å². The maximum absolute atomic E-state index is 12.0. The van der Waals surface area contributed by atoms with Crippen molar-refractivity contribution in [1.29, 1.82) is 0 Å². The highest BCUT2D eigenvalue weighted by atomic mass is 16.5. The van der Waals surface area contributed by atoms with E-state index in [1.807, 2.05) is 0 Å². The van der Waals surface area contributed by atoms with Gasteiger partial charge in [-0.1, -0.05) is 0 Å². The zero-order valence-electron chi connectivity index (χ0n) is 10.6. The molecule has 2 rings (SSSR count). The van der Waals surface area contributed by atoms with Gasteiger partial charge in [-0.3, -0.25) is 4.79 Å². The van der Waals surface area contributed by atoms with E-state index in [1.54, 1.807) is 19.1 Å². The maximum atomic E-state index is 12.0. The van der Waals surface area contributed by atoms with Crippen LogP contribution >= 0.6 is 0 Å². The fourth-order valence-corrected chi connectivity index (χ4v) is 1.90. The number of nitrogens with one attached hydrogen (secondary N) is 1. The van der Waals surface area contributed by atoms with Crippen molar-refractivity contribution < 1.29 is 14.6 Å². The summed E-state index contributed by atoms with van der Waals surface area (Å²) in [6.07, 6.45) is 1.99. The second-order valence-electron chi connectivity index (χ2n) is 4.90. The van der Waals surface area contributed by atoms with Crippen LogP contribution in [-0.4, -0.2) is 23.7 Å². The molecule has 1 amide bonds. The molecule has 0 aliphatic heterocycles. The lowest BCUT2D eigenvalue weighted by atomic mass is 9.96. The Morgan fingerprint density at radius 2 is 2.22 bits per heavy atom. The van der Waals surface area contributed by atoms with Gasteiger partial charge in [-0.2, -0.15) is 0 Å². The van der Waals surface area contributed by atoms with Gasteiger partial charge in [0.05, 0.1) is 12.6 Å². The standard InChI is InChI=1S/C13H18N2O3/c1-13(14,8-3-4-8)12(17)15-9-5-6-11(18-2)10(16)7-9/h5-8,16H,3-4,14H2,1-2H3,(H,15,17). The molecule has 98 valence electrons. The Kier molecular flexibility index (Phi) is 3.17. The van der Waals surface area contributed by atoms with E-state index in [1.165, 1.54) is 13.2 Å². The molecule has 0 spiro atoms. The molecule has 0 radical (unpaired) electrons. The summed E-state index contributed by atoms with van der Waals surface area (Å²) in [7, 11) is 1.47. The third kappa shape index (κ3) is 2.41. The minimum absolute atomic E-state index is 0.0135. The predicted octanol–water partition coefficient (Wildman–Crippen LogP) is 1.47. The van der Waals surface area contributed by atoms with Crippen LogP contribution < -0.4 is 15.8 Å². The molecule has 0 saturated heterocycles. The molecule has 5 nitrogen and oxygen atoms in total. The Morgan fingerprint density at radius 1 is 1.56 bits per heavy atom. The number of rotatable bonds is 4. The molecule has 0 aromatic heterocycles. The van der Waals surface area contributed by atoms with E-state index >= 15 is 0 Å². The van der Waals surface area contributed by atoms with E-state index in [2.05, 4.69) is 5.32 Å². The van der Waals surface area contributed by atoms with Crippen molar-refractivity contribution in [1.82, 2.24) is 0 Å². The Bertz CT molecular complexity index is 467. The number of phenols is 1. The molecular formula is C13H18N2O3. The minimum Gasteiger partial charge on any atom is -0.504 e. The highest BCUT2D eigenvalue weighted by Gasteiger charge is 2.44. The summed E-state index contributed by atoms with van der Waals surface area (Å²) in [6.45, 7) is 1.74. The number of aromatic hydroxyl groups is 1. The highest BCUT2D eigenvalue weighted by molar-refractivity contribution is 5.98. The number of amides is 1. The SMILES string of the molecule is COc1ccc(NC(=O)C(C)(N)C2CC2)cc1O. The van der Waals surface area contributed by atoms with Crippen LogP contribution in [0.1, 0.15) is 19.8 Å². The number of hydrogen-bond donors (Lipinski definition) is 3. The topological polar surface area (TPSA) is 84.6 Å². The van der Waals surface area contributed by atoms with Gasteiger partial charge in [-0.15, -0.1) is 0 Å². The van der Waals surface area contributed by atoms with Crippen LogP contribution in [0.3, 0.4) is 0 Å². The normalized spacial score (nSPS) is 17.9. The smallest absolute Gasteiger partial charge is 0.244 e. The molecule has 1 saturated carbocycles. The molecule has 1 fully saturated rings. The molecule has 1 aromatic carbocycles. The molecule has 0 heterocycles. The predicted molar refractivity (Wildman–Crippen MR) is 68.6 cm³/mol. The first-order valence-corrected chi connectivity index (χ1v) is 5.92. The van der Waals surface area contributed by atoms with Crippen LogP contribution in [0.15, 0.2) is 18.2 Å². The van der Waals surface area contributed by atoms with Gasteiger partial charge in [0.25, 0.3) is 0 Å². The fraction of sp³-hybridized carbons (Fsp3) is 0.462. The summed E-state index contributed by atoms with van der Waals surface area (Å²) in [5, 5.41) is 12.3. The van der Waals surface area contributed by atoms with Gasteiger partial charge < -0.3 is 20.9 Å².